The smallest absolute Gasteiger partial charge is 0.409 e. The first-order valence-electron chi connectivity index (χ1n) is 7.85. The van der Waals surface area contributed by atoms with Gasteiger partial charge in [0.15, 0.2) is 0 Å². The van der Waals surface area contributed by atoms with E-state index in [9.17, 15) is 14.7 Å². The number of ether oxygens (including phenoxy) is 1. The zero-order valence-electron chi connectivity index (χ0n) is 13.3. The maximum Gasteiger partial charge on any atom is 0.409 e. The van der Waals surface area contributed by atoms with Crippen molar-refractivity contribution in [2.45, 2.75) is 19.8 Å². The third-order valence-corrected chi connectivity index (χ3v) is 4.72. The standard InChI is InChI=1S/C14H19N5O4S/c1-2-3-8-23-14(22)18-6-4-17(5-7-18)13-16-19-11(21)9-10(20)15-12(19)24-13/h9,20H,2-8H2,1H3. The van der Waals surface area contributed by atoms with Crippen LogP contribution in [0.15, 0.2) is 10.9 Å². The van der Waals surface area contributed by atoms with Gasteiger partial charge in [-0.1, -0.05) is 24.7 Å². The molecule has 1 aliphatic heterocycles. The molecule has 0 unspecified atom stereocenters. The van der Waals surface area contributed by atoms with E-state index < -0.39 is 5.56 Å². The van der Waals surface area contributed by atoms with Crippen molar-refractivity contribution in [1.82, 2.24) is 19.5 Å². The van der Waals surface area contributed by atoms with E-state index in [4.69, 9.17) is 4.74 Å². The van der Waals surface area contributed by atoms with Gasteiger partial charge in [-0.25, -0.2) is 4.79 Å². The predicted molar refractivity (Wildman–Crippen MR) is 88.8 cm³/mol. The van der Waals surface area contributed by atoms with Crippen LogP contribution in [-0.2, 0) is 4.74 Å². The van der Waals surface area contributed by atoms with Gasteiger partial charge in [-0.15, -0.1) is 5.10 Å². The van der Waals surface area contributed by atoms with E-state index in [1.165, 1.54) is 15.9 Å². The number of fused-ring (bicyclic) bond motifs is 1. The Morgan fingerprint density at radius 1 is 1.38 bits per heavy atom. The van der Waals surface area contributed by atoms with Gasteiger partial charge in [-0.3, -0.25) is 4.79 Å². The van der Waals surface area contributed by atoms with E-state index in [1.54, 1.807) is 4.90 Å². The molecule has 9 nitrogen and oxygen atoms in total. The van der Waals surface area contributed by atoms with Crippen LogP contribution in [0.3, 0.4) is 0 Å². The minimum Gasteiger partial charge on any atom is -0.493 e. The Morgan fingerprint density at radius 3 is 2.83 bits per heavy atom. The van der Waals surface area contributed by atoms with Crippen molar-refractivity contribution in [1.29, 1.82) is 0 Å². The van der Waals surface area contributed by atoms with Gasteiger partial charge in [0, 0.05) is 26.2 Å². The van der Waals surface area contributed by atoms with Crippen molar-refractivity contribution in [3.05, 3.63) is 16.4 Å². The summed E-state index contributed by atoms with van der Waals surface area (Å²) in [5.41, 5.74) is -0.418. The van der Waals surface area contributed by atoms with Crippen molar-refractivity contribution in [2.75, 3.05) is 37.7 Å². The summed E-state index contributed by atoms with van der Waals surface area (Å²) in [5, 5.41) is 14.3. The predicted octanol–water partition coefficient (Wildman–Crippen LogP) is 0.915. The number of carbonyl (C=O) groups excluding carboxylic acids is 1. The van der Waals surface area contributed by atoms with E-state index in [1.807, 2.05) is 11.8 Å². The lowest BCUT2D eigenvalue weighted by atomic mass is 10.3. The van der Waals surface area contributed by atoms with Crippen molar-refractivity contribution in [2.24, 2.45) is 0 Å². The molecule has 0 spiro atoms. The summed E-state index contributed by atoms with van der Waals surface area (Å²) in [5.74, 6) is -0.310. The number of hydrogen-bond donors (Lipinski definition) is 1. The van der Waals surface area contributed by atoms with Crippen LogP contribution >= 0.6 is 11.3 Å². The first kappa shape index (κ1) is 16.5. The fraction of sp³-hybridized carbons (Fsp3) is 0.571. The molecule has 3 heterocycles. The number of hydrogen-bond acceptors (Lipinski definition) is 8. The molecule has 0 aliphatic carbocycles. The van der Waals surface area contributed by atoms with Crippen LogP contribution in [0, 0.1) is 0 Å². The molecule has 24 heavy (non-hydrogen) atoms. The minimum absolute atomic E-state index is 0.282. The monoisotopic (exact) mass is 353 g/mol. The molecule has 1 N–H and O–H groups in total. The molecule has 10 heteroatoms. The van der Waals surface area contributed by atoms with E-state index in [0.717, 1.165) is 18.9 Å². The fourth-order valence-electron chi connectivity index (χ4n) is 2.39. The number of unbranched alkanes of at least 4 members (excludes halogenated alkanes) is 1. The SMILES string of the molecule is CCCCOC(=O)N1CCN(c2nn3c(=O)cc(O)nc3s2)CC1. The molecule has 1 aliphatic rings. The Bertz CT molecular complexity index is 781. The molecule has 0 bridgehead atoms. The number of carbonyl (C=O) groups is 1. The molecule has 130 valence electrons. The van der Waals surface area contributed by atoms with Crippen LogP contribution in [0.25, 0.3) is 4.96 Å². The Kier molecular flexibility index (Phi) is 4.84. The summed E-state index contributed by atoms with van der Waals surface area (Å²) in [6.45, 7) is 4.77. The number of rotatable bonds is 4. The van der Waals surface area contributed by atoms with Gasteiger partial charge in [-0.05, 0) is 6.42 Å². The lowest BCUT2D eigenvalue weighted by Crippen LogP contribution is -2.49. The fourth-order valence-corrected chi connectivity index (χ4v) is 3.35. The Balaban J connectivity index is 1.63. The highest BCUT2D eigenvalue weighted by molar-refractivity contribution is 7.20. The zero-order chi connectivity index (χ0) is 17.1. The summed E-state index contributed by atoms with van der Waals surface area (Å²) in [6.07, 6.45) is 1.57. The molecule has 1 saturated heterocycles. The quantitative estimate of drug-likeness (QED) is 0.816. The van der Waals surface area contributed by atoms with Crippen molar-refractivity contribution < 1.29 is 14.6 Å². The molecule has 0 saturated carbocycles. The Labute approximate surface area is 142 Å². The second-order valence-corrected chi connectivity index (χ2v) is 6.41. The number of aromatic hydroxyl groups is 1. The lowest BCUT2D eigenvalue weighted by Gasteiger charge is -2.33. The number of anilines is 1. The molecular formula is C14H19N5O4S. The van der Waals surface area contributed by atoms with Gasteiger partial charge in [0.2, 0.25) is 16.0 Å². The maximum absolute atomic E-state index is 11.9. The molecule has 1 fully saturated rings. The number of amides is 1. The Hall–Kier alpha value is -2.36. The first-order valence-corrected chi connectivity index (χ1v) is 8.66. The van der Waals surface area contributed by atoms with Crippen LogP contribution < -0.4 is 10.5 Å². The van der Waals surface area contributed by atoms with Crippen molar-refractivity contribution in [3.63, 3.8) is 0 Å². The lowest BCUT2D eigenvalue weighted by molar-refractivity contribution is 0.0989. The number of piperazine rings is 1. The number of aromatic nitrogens is 3. The van der Waals surface area contributed by atoms with E-state index in [-0.39, 0.29) is 12.0 Å². The molecule has 1 amide bonds. The second-order valence-electron chi connectivity index (χ2n) is 5.47. The normalized spacial score (nSPS) is 15.0. The topological polar surface area (TPSA) is 100 Å². The third-order valence-electron chi connectivity index (χ3n) is 3.75. The molecule has 2 aromatic heterocycles. The second kappa shape index (κ2) is 7.04. The first-order chi connectivity index (χ1) is 11.6. The van der Waals surface area contributed by atoms with Gasteiger partial charge >= 0.3 is 6.09 Å². The number of nitrogens with zero attached hydrogens (tertiary/aromatic N) is 5. The van der Waals surface area contributed by atoms with Crippen LogP contribution in [0.1, 0.15) is 19.8 Å². The minimum atomic E-state index is -0.418. The van der Waals surface area contributed by atoms with Gasteiger partial charge in [-0.2, -0.15) is 9.50 Å². The van der Waals surface area contributed by atoms with Gasteiger partial charge < -0.3 is 19.6 Å². The molecule has 0 radical (unpaired) electrons. The summed E-state index contributed by atoms with van der Waals surface area (Å²) in [4.78, 5) is 31.6. The van der Waals surface area contributed by atoms with Gasteiger partial charge in [0.1, 0.15) is 0 Å². The van der Waals surface area contributed by atoms with Crippen LogP contribution in [-0.4, -0.2) is 63.5 Å². The highest BCUT2D eigenvalue weighted by Gasteiger charge is 2.24. The van der Waals surface area contributed by atoms with E-state index >= 15 is 0 Å². The van der Waals surface area contributed by atoms with Gasteiger partial charge in [0.25, 0.3) is 5.56 Å². The largest absolute Gasteiger partial charge is 0.493 e. The maximum atomic E-state index is 11.9. The molecule has 0 aromatic carbocycles. The summed E-state index contributed by atoms with van der Waals surface area (Å²) in [7, 11) is 0. The highest BCUT2D eigenvalue weighted by atomic mass is 32.1. The molecular weight excluding hydrogens is 334 g/mol. The van der Waals surface area contributed by atoms with Crippen LogP contribution in [0.5, 0.6) is 5.88 Å². The summed E-state index contributed by atoms with van der Waals surface area (Å²) < 4.78 is 6.38. The van der Waals surface area contributed by atoms with Crippen molar-refractivity contribution in [3.8, 4) is 5.88 Å². The van der Waals surface area contributed by atoms with Crippen molar-refractivity contribution >= 4 is 27.5 Å². The average molecular weight is 353 g/mol. The molecule has 3 rings (SSSR count). The van der Waals surface area contributed by atoms with Crippen LogP contribution in [0.2, 0.25) is 0 Å². The zero-order valence-corrected chi connectivity index (χ0v) is 14.2. The molecule has 0 atom stereocenters. The summed E-state index contributed by atoms with van der Waals surface area (Å²) >= 11 is 1.23. The van der Waals surface area contributed by atoms with Crippen LogP contribution in [0.4, 0.5) is 9.93 Å². The third kappa shape index (κ3) is 3.42. The average Bonchev–Trinajstić information content (AvgIpc) is 2.99. The van der Waals surface area contributed by atoms with Gasteiger partial charge in [0.05, 0.1) is 12.7 Å². The molecule has 2 aromatic rings. The van der Waals surface area contributed by atoms with E-state index in [0.29, 0.717) is 42.9 Å². The Morgan fingerprint density at radius 2 is 2.12 bits per heavy atom. The highest BCUT2D eigenvalue weighted by Crippen LogP contribution is 2.23. The summed E-state index contributed by atoms with van der Waals surface area (Å²) in [6, 6.07) is 1.03. The van der Waals surface area contributed by atoms with E-state index in [2.05, 4.69) is 10.1 Å².